The molecule has 0 spiro atoms. The number of hydrogen-bond donors (Lipinski definition) is 1. The van der Waals surface area contributed by atoms with Gasteiger partial charge in [-0.15, -0.1) is 0 Å². The van der Waals surface area contributed by atoms with E-state index in [1.807, 2.05) is 6.07 Å². The summed E-state index contributed by atoms with van der Waals surface area (Å²) in [6.45, 7) is 3.61. The molecule has 0 saturated carbocycles. The summed E-state index contributed by atoms with van der Waals surface area (Å²) < 4.78 is 0. The Balaban J connectivity index is 2.91. The van der Waals surface area contributed by atoms with E-state index < -0.39 is 5.41 Å². The Morgan fingerprint density at radius 1 is 1.33 bits per heavy atom. The molecular formula is C11H13Cl2NO. The van der Waals surface area contributed by atoms with E-state index in [1.54, 1.807) is 26.0 Å². The molecule has 0 aliphatic heterocycles. The first-order valence-corrected chi connectivity index (χ1v) is 5.32. The highest BCUT2D eigenvalue weighted by molar-refractivity contribution is 6.42. The molecule has 15 heavy (non-hydrogen) atoms. The van der Waals surface area contributed by atoms with Crippen LogP contribution in [0.4, 0.5) is 0 Å². The van der Waals surface area contributed by atoms with Crippen molar-refractivity contribution in [2.75, 3.05) is 0 Å². The molecule has 1 aromatic carbocycles. The van der Waals surface area contributed by atoms with E-state index in [4.69, 9.17) is 28.9 Å². The lowest BCUT2D eigenvalue weighted by molar-refractivity contribution is -0.125. The first-order valence-electron chi connectivity index (χ1n) is 4.57. The van der Waals surface area contributed by atoms with E-state index in [0.29, 0.717) is 16.5 Å². The minimum Gasteiger partial charge on any atom is -0.369 e. The van der Waals surface area contributed by atoms with Gasteiger partial charge < -0.3 is 5.73 Å². The Morgan fingerprint density at radius 3 is 2.40 bits per heavy atom. The van der Waals surface area contributed by atoms with Crippen LogP contribution in [0.15, 0.2) is 18.2 Å². The second kappa shape index (κ2) is 4.42. The van der Waals surface area contributed by atoms with Crippen molar-refractivity contribution in [1.29, 1.82) is 0 Å². The fraction of sp³-hybridized carbons (Fsp3) is 0.364. The average molecular weight is 246 g/mol. The van der Waals surface area contributed by atoms with E-state index in [9.17, 15) is 4.79 Å². The number of primary amides is 1. The van der Waals surface area contributed by atoms with Gasteiger partial charge in [0.25, 0.3) is 0 Å². The smallest absolute Gasteiger partial charge is 0.223 e. The first kappa shape index (κ1) is 12.3. The van der Waals surface area contributed by atoms with Crippen molar-refractivity contribution in [2.24, 2.45) is 11.1 Å². The lowest BCUT2D eigenvalue weighted by Crippen LogP contribution is -2.33. The second-order valence-corrected chi connectivity index (χ2v) is 4.99. The van der Waals surface area contributed by atoms with Gasteiger partial charge in [-0.2, -0.15) is 0 Å². The van der Waals surface area contributed by atoms with Crippen LogP contribution in [0.1, 0.15) is 19.4 Å². The molecule has 1 aromatic rings. The third kappa shape index (κ3) is 3.11. The Labute approximate surface area is 99.4 Å². The number of benzene rings is 1. The highest BCUT2D eigenvalue weighted by Crippen LogP contribution is 2.27. The molecule has 0 aliphatic carbocycles. The van der Waals surface area contributed by atoms with Gasteiger partial charge in [0.2, 0.25) is 5.91 Å². The van der Waals surface area contributed by atoms with Crippen LogP contribution in [0, 0.1) is 5.41 Å². The molecule has 0 fully saturated rings. The van der Waals surface area contributed by atoms with Crippen molar-refractivity contribution >= 4 is 29.1 Å². The zero-order valence-corrected chi connectivity index (χ0v) is 10.2. The summed E-state index contributed by atoms with van der Waals surface area (Å²) >= 11 is 11.7. The molecular weight excluding hydrogens is 233 g/mol. The van der Waals surface area contributed by atoms with Gasteiger partial charge >= 0.3 is 0 Å². The van der Waals surface area contributed by atoms with E-state index in [2.05, 4.69) is 0 Å². The second-order valence-electron chi connectivity index (χ2n) is 4.17. The number of rotatable bonds is 3. The summed E-state index contributed by atoms with van der Waals surface area (Å²) in [5.74, 6) is -0.325. The molecule has 0 unspecified atom stereocenters. The minimum absolute atomic E-state index is 0.325. The van der Waals surface area contributed by atoms with E-state index in [0.717, 1.165) is 5.56 Å². The molecule has 0 radical (unpaired) electrons. The normalized spacial score (nSPS) is 11.5. The number of carbonyl (C=O) groups excluding carboxylic acids is 1. The monoisotopic (exact) mass is 245 g/mol. The molecule has 2 nitrogen and oxygen atoms in total. The SMILES string of the molecule is CC(C)(Cc1ccc(Cl)c(Cl)c1)C(N)=O. The molecule has 1 rings (SSSR count). The van der Waals surface area contributed by atoms with Crippen molar-refractivity contribution in [3.05, 3.63) is 33.8 Å². The molecule has 0 atom stereocenters. The van der Waals surface area contributed by atoms with Gasteiger partial charge in [0.05, 0.1) is 10.0 Å². The van der Waals surface area contributed by atoms with Crippen LogP contribution in [0.2, 0.25) is 10.0 Å². The van der Waals surface area contributed by atoms with E-state index >= 15 is 0 Å². The number of carbonyl (C=O) groups is 1. The summed E-state index contributed by atoms with van der Waals surface area (Å²) in [6.07, 6.45) is 0.555. The first-order chi connectivity index (χ1) is 6.83. The summed E-state index contributed by atoms with van der Waals surface area (Å²) in [5, 5.41) is 1.01. The Kier molecular flexibility index (Phi) is 3.63. The quantitative estimate of drug-likeness (QED) is 0.875. The van der Waals surface area contributed by atoms with E-state index in [1.165, 1.54) is 0 Å². The molecule has 82 valence electrons. The van der Waals surface area contributed by atoms with Crippen molar-refractivity contribution in [3.63, 3.8) is 0 Å². The third-order valence-corrected chi connectivity index (χ3v) is 3.04. The number of nitrogens with two attached hydrogens (primary N) is 1. The Morgan fingerprint density at radius 2 is 1.93 bits per heavy atom. The van der Waals surface area contributed by atoms with Gasteiger partial charge in [0.15, 0.2) is 0 Å². The summed E-state index contributed by atoms with van der Waals surface area (Å²) in [5.41, 5.74) is 5.67. The van der Waals surface area contributed by atoms with Crippen LogP contribution in [-0.2, 0) is 11.2 Å². The van der Waals surface area contributed by atoms with Crippen LogP contribution in [-0.4, -0.2) is 5.91 Å². The van der Waals surface area contributed by atoms with Crippen molar-refractivity contribution < 1.29 is 4.79 Å². The molecule has 0 aromatic heterocycles. The maximum absolute atomic E-state index is 11.1. The maximum atomic E-state index is 11.1. The lowest BCUT2D eigenvalue weighted by Gasteiger charge is -2.20. The molecule has 0 saturated heterocycles. The molecule has 0 heterocycles. The number of halogens is 2. The Hall–Kier alpha value is -0.730. The maximum Gasteiger partial charge on any atom is 0.223 e. The molecule has 1 amide bonds. The average Bonchev–Trinajstić information content (AvgIpc) is 2.10. The van der Waals surface area contributed by atoms with Gasteiger partial charge in [0.1, 0.15) is 0 Å². The summed E-state index contributed by atoms with van der Waals surface area (Å²) in [7, 11) is 0. The van der Waals surface area contributed by atoms with Gasteiger partial charge in [-0.1, -0.05) is 43.1 Å². The number of hydrogen-bond acceptors (Lipinski definition) is 1. The van der Waals surface area contributed by atoms with Crippen LogP contribution < -0.4 is 5.73 Å². The minimum atomic E-state index is -0.572. The van der Waals surface area contributed by atoms with Gasteiger partial charge in [-0.3, -0.25) is 4.79 Å². The summed E-state index contributed by atoms with van der Waals surface area (Å²) in [6, 6.07) is 5.32. The highest BCUT2D eigenvalue weighted by atomic mass is 35.5. The Bertz CT molecular complexity index is 388. The molecule has 2 N–H and O–H groups in total. The molecule has 4 heteroatoms. The van der Waals surface area contributed by atoms with Crippen LogP contribution in [0.3, 0.4) is 0 Å². The topological polar surface area (TPSA) is 43.1 Å². The standard InChI is InChI=1S/C11H13Cl2NO/c1-11(2,10(14)15)6-7-3-4-8(12)9(13)5-7/h3-5H,6H2,1-2H3,(H2,14,15). The highest BCUT2D eigenvalue weighted by Gasteiger charge is 2.25. The van der Waals surface area contributed by atoms with Crippen molar-refractivity contribution in [3.8, 4) is 0 Å². The number of amides is 1. The van der Waals surface area contributed by atoms with Gasteiger partial charge in [-0.05, 0) is 24.1 Å². The summed E-state index contributed by atoms with van der Waals surface area (Å²) in [4.78, 5) is 11.1. The van der Waals surface area contributed by atoms with Gasteiger partial charge in [-0.25, -0.2) is 0 Å². The molecule has 0 aliphatic rings. The molecule has 0 bridgehead atoms. The lowest BCUT2D eigenvalue weighted by atomic mass is 9.85. The van der Waals surface area contributed by atoms with Crippen LogP contribution >= 0.6 is 23.2 Å². The van der Waals surface area contributed by atoms with Crippen LogP contribution in [0.5, 0.6) is 0 Å². The van der Waals surface area contributed by atoms with Crippen molar-refractivity contribution in [2.45, 2.75) is 20.3 Å². The van der Waals surface area contributed by atoms with Gasteiger partial charge in [0, 0.05) is 5.41 Å². The fourth-order valence-electron chi connectivity index (χ4n) is 1.25. The van der Waals surface area contributed by atoms with Crippen LogP contribution in [0.25, 0.3) is 0 Å². The predicted octanol–water partition coefficient (Wildman–Crippen LogP) is 3.05. The third-order valence-electron chi connectivity index (χ3n) is 2.30. The largest absolute Gasteiger partial charge is 0.369 e. The predicted molar refractivity (Wildman–Crippen MR) is 63.1 cm³/mol. The van der Waals surface area contributed by atoms with E-state index in [-0.39, 0.29) is 5.91 Å². The fourth-order valence-corrected chi connectivity index (χ4v) is 1.57. The van der Waals surface area contributed by atoms with Crippen molar-refractivity contribution in [1.82, 2.24) is 0 Å². The zero-order chi connectivity index (χ0) is 11.6. The zero-order valence-electron chi connectivity index (χ0n) is 8.68.